The number of ether oxygens (including phenoxy) is 1. The van der Waals surface area contributed by atoms with Crippen LogP contribution in [0.25, 0.3) is 0 Å². The molecule has 0 saturated heterocycles. The maximum absolute atomic E-state index is 11.9. The third kappa shape index (κ3) is 6.15. The van der Waals surface area contributed by atoms with E-state index in [0.717, 1.165) is 5.56 Å². The molecule has 118 valence electrons. The van der Waals surface area contributed by atoms with E-state index in [0.29, 0.717) is 23.8 Å². The molecule has 0 amide bonds. The fourth-order valence-electron chi connectivity index (χ4n) is 1.88. The summed E-state index contributed by atoms with van der Waals surface area (Å²) >= 11 is 5.77. The molecule has 0 aromatic heterocycles. The fourth-order valence-corrected chi connectivity index (χ4v) is 3.14. The smallest absolute Gasteiger partial charge is 0.215 e. The first-order valence-electron chi connectivity index (χ1n) is 6.89. The van der Waals surface area contributed by atoms with Gasteiger partial charge in [0.2, 0.25) is 10.0 Å². The Morgan fingerprint density at radius 2 is 1.64 bits per heavy atom. The van der Waals surface area contributed by atoms with Crippen molar-refractivity contribution < 1.29 is 13.2 Å². The molecule has 0 aliphatic rings. The second kappa shape index (κ2) is 8.29. The van der Waals surface area contributed by atoms with Crippen LogP contribution in [0.2, 0.25) is 5.02 Å². The first-order chi connectivity index (χ1) is 10.6. The Kier molecular flexibility index (Phi) is 6.39. The summed E-state index contributed by atoms with van der Waals surface area (Å²) in [6, 6.07) is 16.5. The molecule has 0 fully saturated rings. The van der Waals surface area contributed by atoms with Gasteiger partial charge >= 0.3 is 0 Å². The molecule has 0 aliphatic carbocycles. The molecule has 2 aromatic rings. The lowest BCUT2D eigenvalue weighted by molar-refractivity contribution is 0.126. The van der Waals surface area contributed by atoms with Crippen LogP contribution in [0.4, 0.5) is 0 Å². The number of rotatable bonds is 8. The summed E-state index contributed by atoms with van der Waals surface area (Å²) in [6.07, 6.45) is 0. The maximum Gasteiger partial charge on any atom is 0.215 e. The van der Waals surface area contributed by atoms with Gasteiger partial charge in [0.25, 0.3) is 0 Å². The van der Waals surface area contributed by atoms with Gasteiger partial charge in [-0.15, -0.1) is 0 Å². The Balaban J connectivity index is 1.70. The standard InChI is InChI=1S/C16H18ClNO3S/c17-16-8-6-15(7-9-16)13-22(19,20)18-10-11-21-12-14-4-2-1-3-5-14/h1-9,18H,10-13H2. The summed E-state index contributed by atoms with van der Waals surface area (Å²) in [4.78, 5) is 0. The second-order valence-corrected chi connectivity index (χ2v) is 7.06. The molecule has 0 aliphatic heterocycles. The van der Waals surface area contributed by atoms with Crippen molar-refractivity contribution in [3.05, 3.63) is 70.7 Å². The van der Waals surface area contributed by atoms with Crippen molar-refractivity contribution in [3.8, 4) is 0 Å². The zero-order valence-corrected chi connectivity index (χ0v) is 13.6. The van der Waals surface area contributed by atoms with Gasteiger partial charge in [0.05, 0.1) is 19.0 Å². The molecule has 0 atom stereocenters. The van der Waals surface area contributed by atoms with Gasteiger partial charge in [0.15, 0.2) is 0 Å². The summed E-state index contributed by atoms with van der Waals surface area (Å²) in [7, 11) is -3.37. The number of hydrogen-bond donors (Lipinski definition) is 1. The highest BCUT2D eigenvalue weighted by atomic mass is 35.5. The summed E-state index contributed by atoms with van der Waals surface area (Å²) in [5.74, 6) is -0.0666. The van der Waals surface area contributed by atoms with Crippen molar-refractivity contribution in [2.24, 2.45) is 0 Å². The Hall–Kier alpha value is -1.40. The van der Waals surface area contributed by atoms with Gasteiger partial charge in [-0.25, -0.2) is 13.1 Å². The lowest BCUT2D eigenvalue weighted by Crippen LogP contribution is -2.28. The van der Waals surface area contributed by atoms with Crippen molar-refractivity contribution in [3.63, 3.8) is 0 Å². The molecule has 6 heteroatoms. The number of halogens is 1. The van der Waals surface area contributed by atoms with Crippen molar-refractivity contribution in [1.29, 1.82) is 0 Å². The topological polar surface area (TPSA) is 55.4 Å². The monoisotopic (exact) mass is 339 g/mol. The first-order valence-corrected chi connectivity index (χ1v) is 8.92. The van der Waals surface area contributed by atoms with Gasteiger partial charge in [-0.2, -0.15) is 0 Å². The lowest BCUT2D eigenvalue weighted by atomic mass is 10.2. The van der Waals surface area contributed by atoms with Gasteiger partial charge in [0, 0.05) is 11.6 Å². The van der Waals surface area contributed by atoms with Crippen LogP contribution in [0, 0.1) is 0 Å². The van der Waals surface area contributed by atoms with E-state index in [-0.39, 0.29) is 12.3 Å². The highest BCUT2D eigenvalue weighted by Gasteiger charge is 2.10. The van der Waals surface area contributed by atoms with Crippen LogP contribution in [0.3, 0.4) is 0 Å². The third-order valence-electron chi connectivity index (χ3n) is 2.95. The Morgan fingerprint density at radius 1 is 0.955 bits per heavy atom. The predicted octanol–water partition coefficient (Wildman–Crippen LogP) is 2.98. The molecular formula is C16H18ClNO3S. The summed E-state index contributed by atoms with van der Waals surface area (Å²) in [5.41, 5.74) is 1.76. The zero-order valence-electron chi connectivity index (χ0n) is 12.0. The van der Waals surface area contributed by atoms with Crippen LogP contribution < -0.4 is 4.72 Å². The van der Waals surface area contributed by atoms with Gasteiger partial charge in [0.1, 0.15) is 0 Å². The van der Waals surface area contributed by atoms with Crippen LogP contribution in [0.5, 0.6) is 0 Å². The quantitative estimate of drug-likeness (QED) is 0.752. The average Bonchev–Trinajstić information content (AvgIpc) is 2.50. The van der Waals surface area contributed by atoms with E-state index in [1.165, 1.54) is 0 Å². The summed E-state index contributed by atoms with van der Waals surface area (Å²) in [5, 5.41) is 0.586. The highest BCUT2D eigenvalue weighted by Crippen LogP contribution is 2.11. The molecule has 0 spiro atoms. The summed E-state index contributed by atoms with van der Waals surface area (Å²) < 4.78 is 31.8. The molecule has 0 bridgehead atoms. The molecule has 2 rings (SSSR count). The summed E-state index contributed by atoms with van der Waals surface area (Å²) in [6.45, 7) is 1.05. The number of sulfonamides is 1. The van der Waals surface area contributed by atoms with Crippen LogP contribution in [-0.2, 0) is 27.1 Å². The zero-order chi connectivity index (χ0) is 15.8. The highest BCUT2D eigenvalue weighted by molar-refractivity contribution is 7.88. The van der Waals surface area contributed by atoms with E-state index < -0.39 is 10.0 Å². The SMILES string of the molecule is O=S(=O)(Cc1ccc(Cl)cc1)NCCOCc1ccccc1. The van der Waals surface area contributed by atoms with Crippen molar-refractivity contribution >= 4 is 21.6 Å². The Bertz CT molecular complexity index is 672. The lowest BCUT2D eigenvalue weighted by Gasteiger charge is -2.08. The average molecular weight is 340 g/mol. The molecule has 0 unspecified atom stereocenters. The van der Waals surface area contributed by atoms with E-state index >= 15 is 0 Å². The minimum atomic E-state index is -3.37. The first kappa shape index (κ1) is 17.0. The van der Waals surface area contributed by atoms with Gasteiger partial charge in [-0.05, 0) is 23.3 Å². The minimum Gasteiger partial charge on any atom is -0.375 e. The normalized spacial score (nSPS) is 11.5. The Morgan fingerprint density at radius 3 is 2.32 bits per heavy atom. The van der Waals surface area contributed by atoms with Gasteiger partial charge in [-0.1, -0.05) is 54.1 Å². The fraction of sp³-hybridized carbons (Fsp3) is 0.250. The molecule has 2 aromatic carbocycles. The minimum absolute atomic E-state index is 0.0666. The number of benzene rings is 2. The van der Waals surface area contributed by atoms with Crippen LogP contribution >= 0.6 is 11.6 Å². The second-order valence-electron chi connectivity index (χ2n) is 4.82. The number of nitrogens with one attached hydrogen (secondary N) is 1. The third-order valence-corrected chi connectivity index (χ3v) is 4.56. The van der Waals surface area contributed by atoms with Gasteiger partial charge in [-0.3, -0.25) is 0 Å². The van der Waals surface area contributed by atoms with Crippen molar-refractivity contribution in [1.82, 2.24) is 4.72 Å². The van der Waals surface area contributed by atoms with E-state index in [1.54, 1.807) is 24.3 Å². The molecular weight excluding hydrogens is 322 g/mol. The molecule has 0 saturated carbocycles. The maximum atomic E-state index is 11.9. The van der Waals surface area contributed by atoms with Crippen molar-refractivity contribution in [2.75, 3.05) is 13.2 Å². The van der Waals surface area contributed by atoms with Gasteiger partial charge < -0.3 is 4.74 Å². The largest absolute Gasteiger partial charge is 0.375 e. The van der Waals surface area contributed by atoms with E-state index in [2.05, 4.69) is 4.72 Å². The van der Waals surface area contributed by atoms with Crippen LogP contribution in [0.15, 0.2) is 54.6 Å². The molecule has 4 nitrogen and oxygen atoms in total. The number of hydrogen-bond acceptors (Lipinski definition) is 3. The molecule has 0 heterocycles. The van der Waals surface area contributed by atoms with E-state index in [4.69, 9.17) is 16.3 Å². The van der Waals surface area contributed by atoms with E-state index in [1.807, 2.05) is 30.3 Å². The Labute approximate surface area is 136 Å². The van der Waals surface area contributed by atoms with E-state index in [9.17, 15) is 8.42 Å². The van der Waals surface area contributed by atoms with Crippen LogP contribution in [0.1, 0.15) is 11.1 Å². The molecule has 0 radical (unpaired) electrons. The molecule has 22 heavy (non-hydrogen) atoms. The molecule has 1 N–H and O–H groups in total. The van der Waals surface area contributed by atoms with Crippen LogP contribution in [-0.4, -0.2) is 21.6 Å². The predicted molar refractivity (Wildman–Crippen MR) is 88.2 cm³/mol. The van der Waals surface area contributed by atoms with Crippen molar-refractivity contribution in [2.45, 2.75) is 12.4 Å².